The van der Waals surface area contributed by atoms with Crippen molar-refractivity contribution in [2.75, 3.05) is 18.4 Å². The molecule has 0 radical (unpaired) electrons. The van der Waals surface area contributed by atoms with Gasteiger partial charge in [-0.3, -0.25) is 4.79 Å². The van der Waals surface area contributed by atoms with E-state index in [0.717, 1.165) is 41.9 Å². The third-order valence-corrected chi connectivity index (χ3v) is 6.20. The second-order valence-corrected chi connectivity index (χ2v) is 8.33. The smallest absolute Gasteiger partial charge is 0.291 e. The van der Waals surface area contributed by atoms with Crippen LogP contribution in [-0.4, -0.2) is 19.0 Å². The maximum Gasteiger partial charge on any atom is 0.291 e. The molecule has 5 heteroatoms. The molecule has 5 rings (SSSR count). The summed E-state index contributed by atoms with van der Waals surface area (Å²) in [6.07, 6.45) is 4.24. The molecule has 4 nitrogen and oxygen atoms in total. The first kappa shape index (κ1) is 18.5. The van der Waals surface area contributed by atoms with E-state index in [9.17, 15) is 4.79 Å². The Hall–Kier alpha value is -2.56. The molecule has 3 aromatic rings. The van der Waals surface area contributed by atoms with Crippen LogP contribution in [0, 0.1) is 0 Å². The van der Waals surface area contributed by atoms with Crippen LogP contribution in [-0.2, 0) is 6.42 Å². The fourth-order valence-electron chi connectivity index (χ4n) is 4.38. The fourth-order valence-corrected chi connectivity index (χ4v) is 4.51. The summed E-state index contributed by atoms with van der Waals surface area (Å²) >= 11 is 5.99. The molecule has 1 saturated heterocycles. The van der Waals surface area contributed by atoms with Crippen LogP contribution in [0.4, 0.5) is 5.69 Å². The van der Waals surface area contributed by atoms with Crippen LogP contribution >= 0.6 is 11.6 Å². The highest BCUT2D eigenvalue weighted by Crippen LogP contribution is 2.35. The highest BCUT2D eigenvalue weighted by molar-refractivity contribution is 6.30. The number of anilines is 1. The Morgan fingerprint density at radius 1 is 0.966 bits per heavy atom. The Morgan fingerprint density at radius 3 is 2.69 bits per heavy atom. The molecule has 0 saturated carbocycles. The van der Waals surface area contributed by atoms with Crippen molar-refractivity contribution in [3.05, 3.63) is 76.0 Å². The summed E-state index contributed by atoms with van der Waals surface area (Å²) < 4.78 is 5.96. The number of carbonyl (C=O) groups is 1. The van der Waals surface area contributed by atoms with Gasteiger partial charge in [-0.1, -0.05) is 23.7 Å². The molecule has 3 heterocycles. The average Bonchev–Trinajstić information content (AvgIpc) is 2.89. The predicted molar refractivity (Wildman–Crippen MR) is 116 cm³/mol. The highest BCUT2D eigenvalue weighted by Gasteiger charge is 2.25. The molecule has 29 heavy (non-hydrogen) atoms. The molecule has 0 aliphatic carbocycles. The van der Waals surface area contributed by atoms with Crippen molar-refractivity contribution >= 4 is 23.2 Å². The van der Waals surface area contributed by atoms with Gasteiger partial charge in [-0.2, -0.15) is 0 Å². The molecule has 1 fully saturated rings. The summed E-state index contributed by atoms with van der Waals surface area (Å²) in [5, 5.41) is 7.19. The highest BCUT2D eigenvalue weighted by atomic mass is 35.5. The van der Waals surface area contributed by atoms with Crippen molar-refractivity contribution in [1.82, 2.24) is 5.32 Å². The Morgan fingerprint density at radius 2 is 1.83 bits per heavy atom. The minimum atomic E-state index is -0.189. The molecule has 1 unspecified atom stereocenters. The number of amides is 1. The van der Waals surface area contributed by atoms with Gasteiger partial charge in [0.2, 0.25) is 0 Å². The van der Waals surface area contributed by atoms with E-state index >= 15 is 0 Å². The summed E-state index contributed by atoms with van der Waals surface area (Å²) in [6.45, 7) is 2.16. The Kier molecular flexibility index (Phi) is 4.90. The van der Waals surface area contributed by atoms with Crippen molar-refractivity contribution in [1.29, 1.82) is 0 Å². The largest absolute Gasteiger partial charge is 0.451 e. The van der Waals surface area contributed by atoms with Crippen LogP contribution in [0.1, 0.15) is 52.4 Å². The first-order valence-corrected chi connectivity index (χ1v) is 10.6. The minimum absolute atomic E-state index is 0.189. The SMILES string of the molecule is O=C1Nc2ccc(C3CCCNCC3)cc2Cc2cc(-c3ccc(Cl)cc3)oc21. The zero-order chi connectivity index (χ0) is 19.8. The number of furan rings is 1. The maximum absolute atomic E-state index is 12.8. The van der Waals surface area contributed by atoms with E-state index in [4.69, 9.17) is 16.0 Å². The number of hydrogen-bond acceptors (Lipinski definition) is 3. The molecule has 1 atom stereocenters. The van der Waals surface area contributed by atoms with E-state index in [1.807, 2.05) is 36.4 Å². The predicted octanol–water partition coefficient (Wildman–Crippen LogP) is 5.61. The van der Waals surface area contributed by atoms with Gasteiger partial charge in [0.05, 0.1) is 0 Å². The van der Waals surface area contributed by atoms with Crippen molar-refractivity contribution in [2.24, 2.45) is 0 Å². The summed E-state index contributed by atoms with van der Waals surface area (Å²) in [5.74, 6) is 1.47. The molecule has 1 amide bonds. The third-order valence-electron chi connectivity index (χ3n) is 5.95. The molecule has 2 aliphatic rings. The Labute approximate surface area is 175 Å². The lowest BCUT2D eigenvalue weighted by Gasteiger charge is -2.17. The van der Waals surface area contributed by atoms with Crippen LogP contribution in [0.3, 0.4) is 0 Å². The zero-order valence-corrected chi connectivity index (χ0v) is 16.9. The summed E-state index contributed by atoms with van der Waals surface area (Å²) in [5.41, 5.74) is 5.23. The molecule has 148 valence electrons. The van der Waals surface area contributed by atoms with Gasteiger partial charge in [0.25, 0.3) is 5.91 Å². The van der Waals surface area contributed by atoms with Crippen LogP contribution in [0.2, 0.25) is 5.02 Å². The summed E-state index contributed by atoms with van der Waals surface area (Å²) in [7, 11) is 0. The van der Waals surface area contributed by atoms with Gasteiger partial charge in [0.1, 0.15) is 5.76 Å². The van der Waals surface area contributed by atoms with Crippen LogP contribution < -0.4 is 10.6 Å². The first-order chi connectivity index (χ1) is 14.2. The molecule has 1 aromatic heterocycles. The molecular weight excluding hydrogens is 384 g/mol. The number of nitrogens with one attached hydrogen (secondary N) is 2. The fraction of sp³-hybridized carbons (Fsp3) is 0.292. The van der Waals surface area contributed by atoms with Gasteiger partial charge in [0.15, 0.2) is 5.76 Å². The monoisotopic (exact) mass is 406 g/mol. The Bertz CT molecular complexity index is 1050. The van der Waals surface area contributed by atoms with Gasteiger partial charge in [0, 0.05) is 28.3 Å². The lowest BCUT2D eigenvalue weighted by molar-refractivity contribution is 0.0997. The maximum atomic E-state index is 12.8. The molecule has 0 spiro atoms. The van der Waals surface area contributed by atoms with Crippen LogP contribution in [0.25, 0.3) is 11.3 Å². The van der Waals surface area contributed by atoms with Crippen LogP contribution in [0.5, 0.6) is 0 Å². The number of hydrogen-bond donors (Lipinski definition) is 2. The van der Waals surface area contributed by atoms with E-state index < -0.39 is 0 Å². The average molecular weight is 407 g/mol. The van der Waals surface area contributed by atoms with E-state index in [-0.39, 0.29) is 5.91 Å². The van der Waals surface area contributed by atoms with Gasteiger partial charge >= 0.3 is 0 Å². The topological polar surface area (TPSA) is 54.3 Å². The molecule has 0 bridgehead atoms. The second kappa shape index (κ2) is 7.69. The summed E-state index contributed by atoms with van der Waals surface area (Å²) in [4.78, 5) is 12.8. The molecule has 2 aromatic carbocycles. The summed E-state index contributed by atoms with van der Waals surface area (Å²) in [6, 6.07) is 15.9. The van der Waals surface area contributed by atoms with Gasteiger partial charge in [-0.15, -0.1) is 0 Å². The van der Waals surface area contributed by atoms with E-state index in [2.05, 4.69) is 22.8 Å². The number of fused-ring (bicyclic) bond motifs is 2. The van der Waals surface area contributed by atoms with Gasteiger partial charge < -0.3 is 15.1 Å². The molecule has 2 N–H and O–H groups in total. The second-order valence-electron chi connectivity index (χ2n) is 7.90. The van der Waals surface area contributed by atoms with Crippen molar-refractivity contribution in [3.63, 3.8) is 0 Å². The van der Waals surface area contributed by atoms with E-state index in [0.29, 0.717) is 28.9 Å². The zero-order valence-electron chi connectivity index (χ0n) is 16.1. The molecule has 2 aliphatic heterocycles. The Balaban J connectivity index is 1.48. The standard InChI is InChI=1S/C24H23ClN2O2/c25-20-6-3-16(4-7-20)22-14-19-13-18-12-17(15-2-1-10-26-11-9-15)5-8-21(18)27-24(28)23(19)29-22/h3-8,12,14-15,26H,1-2,9-11,13H2,(H,27,28). The van der Waals surface area contributed by atoms with E-state index in [1.54, 1.807) is 0 Å². The lowest BCUT2D eigenvalue weighted by atomic mass is 9.89. The quantitative estimate of drug-likeness (QED) is 0.581. The number of halogens is 1. The number of rotatable bonds is 2. The number of benzene rings is 2. The van der Waals surface area contributed by atoms with Crippen LogP contribution in [0.15, 0.2) is 52.9 Å². The lowest BCUT2D eigenvalue weighted by Crippen LogP contribution is -2.14. The third kappa shape index (κ3) is 3.70. The first-order valence-electron chi connectivity index (χ1n) is 10.2. The molecular formula is C24H23ClN2O2. The van der Waals surface area contributed by atoms with Gasteiger partial charge in [-0.25, -0.2) is 0 Å². The van der Waals surface area contributed by atoms with Crippen molar-refractivity contribution in [3.8, 4) is 11.3 Å². The number of carbonyl (C=O) groups excluding carboxylic acids is 1. The minimum Gasteiger partial charge on any atom is -0.451 e. The van der Waals surface area contributed by atoms with Crippen molar-refractivity contribution < 1.29 is 9.21 Å². The van der Waals surface area contributed by atoms with E-state index in [1.165, 1.54) is 18.4 Å². The van der Waals surface area contributed by atoms with Crippen molar-refractivity contribution in [2.45, 2.75) is 31.6 Å². The van der Waals surface area contributed by atoms with Gasteiger partial charge in [-0.05, 0) is 85.8 Å². The normalized spacial score (nSPS) is 18.9.